The van der Waals surface area contributed by atoms with Gasteiger partial charge in [0.05, 0.1) is 0 Å². The summed E-state index contributed by atoms with van der Waals surface area (Å²) < 4.78 is 0. The number of carbonyl (C=O) groups excluding carboxylic acids is 1. The molecule has 0 bridgehead atoms. The van der Waals surface area contributed by atoms with E-state index in [1.54, 1.807) is 30.6 Å². The molecule has 0 unspecified atom stereocenters. The predicted octanol–water partition coefficient (Wildman–Crippen LogP) is 1.03. The molecule has 0 aliphatic rings. The molecule has 1 amide bonds. The second-order valence-corrected chi connectivity index (χ2v) is 4.53. The van der Waals surface area contributed by atoms with Crippen LogP contribution in [0.4, 0.5) is 0 Å². The highest BCUT2D eigenvalue weighted by atomic mass is 16.2. The third-order valence-electron chi connectivity index (χ3n) is 2.99. The summed E-state index contributed by atoms with van der Waals surface area (Å²) in [7, 11) is 0. The fourth-order valence-corrected chi connectivity index (χ4v) is 1.91. The van der Waals surface area contributed by atoms with E-state index < -0.39 is 0 Å². The first kappa shape index (κ1) is 14.8. The van der Waals surface area contributed by atoms with Crippen molar-refractivity contribution in [3.8, 4) is 11.8 Å². The van der Waals surface area contributed by atoms with Gasteiger partial charge in [-0.05, 0) is 30.7 Å². The Hall–Kier alpha value is -2.58. The number of nitrogens with one attached hydrogen (secondary N) is 2. The Labute approximate surface area is 123 Å². The zero-order valence-corrected chi connectivity index (χ0v) is 11.8. The molecule has 108 valence electrons. The van der Waals surface area contributed by atoms with E-state index in [-0.39, 0.29) is 12.5 Å². The summed E-state index contributed by atoms with van der Waals surface area (Å²) >= 11 is 0. The molecular formula is C16H17N3O2. The Balaban J connectivity index is 1.94. The highest BCUT2D eigenvalue weighted by molar-refractivity contribution is 5.94. The van der Waals surface area contributed by atoms with E-state index in [2.05, 4.69) is 27.1 Å². The molecule has 0 spiro atoms. The highest BCUT2D eigenvalue weighted by Gasteiger charge is 2.07. The number of carbonyl (C=O) groups is 1. The molecule has 1 heterocycles. The van der Waals surface area contributed by atoms with E-state index in [0.717, 1.165) is 17.0 Å². The van der Waals surface area contributed by atoms with E-state index in [1.807, 2.05) is 6.92 Å². The van der Waals surface area contributed by atoms with Crippen LogP contribution >= 0.6 is 0 Å². The summed E-state index contributed by atoms with van der Waals surface area (Å²) in [5, 5.41) is 11.5. The summed E-state index contributed by atoms with van der Waals surface area (Å²) in [6, 6.07) is 5.32. The molecule has 0 fully saturated rings. The molecular weight excluding hydrogens is 266 g/mol. The lowest BCUT2D eigenvalue weighted by atomic mass is 10.0. The van der Waals surface area contributed by atoms with Crippen LogP contribution in [-0.2, 0) is 6.42 Å². The van der Waals surface area contributed by atoms with Crippen LogP contribution in [0.2, 0.25) is 0 Å². The fraction of sp³-hybridized carbons (Fsp3) is 0.250. The van der Waals surface area contributed by atoms with Gasteiger partial charge in [0, 0.05) is 36.5 Å². The lowest BCUT2D eigenvalue weighted by Gasteiger charge is -2.06. The van der Waals surface area contributed by atoms with Gasteiger partial charge in [0.1, 0.15) is 12.4 Å². The number of imidazole rings is 1. The first-order valence-corrected chi connectivity index (χ1v) is 6.67. The molecule has 2 aromatic rings. The molecule has 21 heavy (non-hydrogen) atoms. The van der Waals surface area contributed by atoms with Crippen molar-refractivity contribution in [2.75, 3.05) is 13.2 Å². The zero-order valence-electron chi connectivity index (χ0n) is 11.8. The van der Waals surface area contributed by atoms with Gasteiger partial charge in [-0.2, -0.15) is 0 Å². The van der Waals surface area contributed by atoms with Crippen molar-refractivity contribution in [1.29, 1.82) is 0 Å². The molecule has 0 aliphatic heterocycles. The van der Waals surface area contributed by atoms with Crippen molar-refractivity contribution in [1.82, 2.24) is 15.3 Å². The van der Waals surface area contributed by atoms with Gasteiger partial charge in [-0.1, -0.05) is 11.8 Å². The van der Waals surface area contributed by atoms with Crippen LogP contribution in [0.1, 0.15) is 27.3 Å². The minimum absolute atomic E-state index is 0.119. The SMILES string of the molecule is Cc1cc(C(=O)NCCc2ncc[nH]2)ccc1C#CCO. The summed E-state index contributed by atoms with van der Waals surface area (Å²) in [5.74, 6) is 6.17. The first-order valence-electron chi connectivity index (χ1n) is 6.67. The fourth-order valence-electron chi connectivity index (χ4n) is 1.91. The molecule has 0 aliphatic carbocycles. The molecule has 0 radical (unpaired) electrons. The van der Waals surface area contributed by atoms with Crippen LogP contribution in [-0.4, -0.2) is 34.1 Å². The van der Waals surface area contributed by atoms with Crippen LogP contribution in [0.25, 0.3) is 0 Å². The molecule has 5 nitrogen and oxygen atoms in total. The molecule has 3 N–H and O–H groups in total. The van der Waals surface area contributed by atoms with Crippen LogP contribution in [0.15, 0.2) is 30.6 Å². The number of aliphatic hydroxyl groups excluding tert-OH is 1. The van der Waals surface area contributed by atoms with Gasteiger partial charge in [-0.3, -0.25) is 4.79 Å². The number of aromatic amines is 1. The number of hydrogen-bond acceptors (Lipinski definition) is 3. The summed E-state index contributed by atoms with van der Waals surface area (Å²) in [6.45, 7) is 2.24. The summed E-state index contributed by atoms with van der Waals surface area (Å²) in [5.41, 5.74) is 2.33. The van der Waals surface area contributed by atoms with Crippen LogP contribution in [0.3, 0.4) is 0 Å². The number of H-pyrrole nitrogens is 1. The minimum Gasteiger partial charge on any atom is -0.384 e. The van der Waals surface area contributed by atoms with E-state index >= 15 is 0 Å². The van der Waals surface area contributed by atoms with Gasteiger partial charge in [-0.25, -0.2) is 4.98 Å². The smallest absolute Gasteiger partial charge is 0.251 e. The molecule has 5 heteroatoms. The van der Waals surface area contributed by atoms with Gasteiger partial charge in [0.2, 0.25) is 0 Å². The van der Waals surface area contributed by atoms with Crippen molar-refractivity contribution in [2.45, 2.75) is 13.3 Å². The topological polar surface area (TPSA) is 78.0 Å². The molecule has 1 aromatic heterocycles. The second-order valence-electron chi connectivity index (χ2n) is 4.53. The van der Waals surface area contributed by atoms with Gasteiger partial charge in [0.15, 0.2) is 0 Å². The maximum atomic E-state index is 12.0. The maximum Gasteiger partial charge on any atom is 0.251 e. The molecule has 2 rings (SSSR count). The number of aromatic nitrogens is 2. The van der Waals surface area contributed by atoms with Gasteiger partial charge in [-0.15, -0.1) is 0 Å². The van der Waals surface area contributed by atoms with Gasteiger partial charge in [0.25, 0.3) is 5.91 Å². The Morgan fingerprint density at radius 2 is 2.33 bits per heavy atom. The van der Waals surface area contributed by atoms with Crippen LogP contribution in [0, 0.1) is 18.8 Å². The van der Waals surface area contributed by atoms with Gasteiger partial charge >= 0.3 is 0 Å². The third kappa shape index (κ3) is 4.20. The average Bonchev–Trinajstić information content (AvgIpc) is 2.99. The Morgan fingerprint density at radius 1 is 1.48 bits per heavy atom. The predicted molar refractivity (Wildman–Crippen MR) is 79.8 cm³/mol. The molecule has 0 saturated carbocycles. The first-order chi connectivity index (χ1) is 10.2. The van der Waals surface area contributed by atoms with E-state index in [1.165, 1.54) is 0 Å². The largest absolute Gasteiger partial charge is 0.384 e. The molecule has 1 aromatic carbocycles. The number of amides is 1. The Bertz CT molecular complexity index is 667. The highest BCUT2D eigenvalue weighted by Crippen LogP contribution is 2.10. The van der Waals surface area contributed by atoms with Crippen LogP contribution < -0.4 is 5.32 Å². The number of rotatable bonds is 4. The Morgan fingerprint density at radius 3 is 3.00 bits per heavy atom. The van der Waals surface area contributed by atoms with E-state index in [0.29, 0.717) is 18.5 Å². The number of nitrogens with zero attached hydrogens (tertiary/aromatic N) is 1. The number of aryl methyl sites for hydroxylation is 1. The number of hydrogen-bond donors (Lipinski definition) is 3. The zero-order chi connectivity index (χ0) is 15.1. The maximum absolute atomic E-state index is 12.0. The number of benzene rings is 1. The monoisotopic (exact) mass is 283 g/mol. The van der Waals surface area contributed by atoms with Crippen molar-refractivity contribution < 1.29 is 9.90 Å². The van der Waals surface area contributed by atoms with E-state index in [4.69, 9.17) is 5.11 Å². The van der Waals surface area contributed by atoms with Gasteiger partial charge < -0.3 is 15.4 Å². The quantitative estimate of drug-likeness (QED) is 0.734. The van der Waals surface area contributed by atoms with Crippen molar-refractivity contribution in [2.24, 2.45) is 0 Å². The van der Waals surface area contributed by atoms with Crippen molar-refractivity contribution in [3.63, 3.8) is 0 Å². The lowest BCUT2D eigenvalue weighted by Crippen LogP contribution is -2.26. The molecule has 0 atom stereocenters. The summed E-state index contributed by atoms with van der Waals surface area (Å²) in [4.78, 5) is 19.1. The second kappa shape index (κ2) is 7.27. The Kier molecular flexibility index (Phi) is 5.13. The standard InChI is InChI=1S/C16H17N3O2/c1-12-11-14(5-4-13(12)3-2-10-20)16(21)19-7-6-15-17-8-9-18-15/h4-5,8-9,11,20H,6-7,10H2,1H3,(H,17,18)(H,19,21). The van der Waals surface area contributed by atoms with Crippen molar-refractivity contribution in [3.05, 3.63) is 53.1 Å². The van der Waals surface area contributed by atoms with Crippen LogP contribution in [0.5, 0.6) is 0 Å². The average molecular weight is 283 g/mol. The minimum atomic E-state index is -0.172. The number of aliphatic hydroxyl groups is 1. The summed E-state index contributed by atoms with van der Waals surface area (Å²) in [6.07, 6.45) is 4.11. The van der Waals surface area contributed by atoms with E-state index in [9.17, 15) is 4.79 Å². The normalized spacial score (nSPS) is 9.81. The lowest BCUT2D eigenvalue weighted by molar-refractivity contribution is 0.0954. The van der Waals surface area contributed by atoms with Crippen molar-refractivity contribution >= 4 is 5.91 Å². The molecule has 0 saturated heterocycles. The third-order valence-corrected chi connectivity index (χ3v) is 2.99.